The number of rotatable bonds is 7. The number of aromatic nitrogens is 1. The van der Waals surface area contributed by atoms with E-state index in [9.17, 15) is 14.7 Å². The Labute approximate surface area is 190 Å². The number of fused-ring (bicyclic) bond motifs is 1. The molecule has 0 atom stereocenters. The highest BCUT2D eigenvalue weighted by molar-refractivity contribution is 6.21. The average molecular weight is 441 g/mol. The second-order valence-electron chi connectivity index (χ2n) is 7.46. The molecule has 0 aliphatic rings. The number of aromatic amines is 1. The molecule has 0 aliphatic heterocycles. The van der Waals surface area contributed by atoms with Gasteiger partial charge >= 0.3 is 5.97 Å². The summed E-state index contributed by atoms with van der Waals surface area (Å²) in [5.74, 6) is -1.33. The van der Waals surface area contributed by atoms with Crippen LogP contribution in [-0.2, 0) is 9.59 Å². The first-order valence-corrected chi connectivity index (χ1v) is 10.5. The van der Waals surface area contributed by atoms with Crippen molar-refractivity contribution in [3.63, 3.8) is 0 Å². The largest absolute Gasteiger partial charge is 0.494 e. The molecule has 4 aromatic rings. The number of aliphatic imine (C=N–C) groups is 1. The average Bonchev–Trinajstić information content (AvgIpc) is 3.17. The van der Waals surface area contributed by atoms with Crippen LogP contribution in [0.1, 0.15) is 24.5 Å². The summed E-state index contributed by atoms with van der Waals surface area (Å²) < 4.78 is 0. The van der Waals surface area contributed by atoms with Gasteiger partial charge in [-0.3, -0.25) is 9.59 Å². The molecule has 0 saturated heterocycles. The van der Waals surface area contributed by atoms with Crippen LogP contribution in [0.15, 0.2) is 83.9 Å². The first-order valence-electron chi connectivity index (χ1n) is 10.5. The highest BCUT2D eigenvalue weighted by Gasteiger charge is 2.19. The predicted molar refractivity (Wildman–Crippen MR) is 128 cm³/mol. The van der Waals surface area contributed by atoms with Gasteiger partial charge in [0.25, 0.3) is 0 Å². The van der Waals surface area contributed by atoms with Crippen LogP contribution in [-0.4, -0.2) is 39.3 Å². The Hall–Kier alpha value is -4.39. The molecule has 0 unspecified atom stereocenters. The van der Waals surface area contributed by atoms with Crippen molar-refractivity contribution >= 4 is 39.9 Å². The van der Waals surface area contributed by atoms with Gasteiger partial charge in [0.15, 0.2) is 5.88 Å². The van der Waals surface area contributed by atoms with Gasteiger partial charge in [-0.1, -0.05) is 55.5 Å². The standard InChI is InChI=1S/C26H23N3O4/c1-2-22(30)29(16-23(31)32)19-14-12-18(13-15-19)27-25(17-8-4-3-5-9-17)24-20-10-6-7-11-21(20)28-26(24)33/h3-15,28,33H,2,16H2,1H3,(H,31,32). The molecule has 0 saturated carbocycles. The first-order chi connectivity index (χ1) is 16.0. The van der Waals surface area contributed by atoms with Crippen LogP contribution >= 0.6 is 0 Å². The third-order valence-corrected chi connectivity index (χ3v) is 5.27. The van der Waals surface area contributed by atoms with Crippen LogP contribution in [0.3, 0.4) is 0 Å². The highest BCUT2D eigenvalue weighted by atomic mass is 16.4. The maximum Gasteiger partial charge on any atom is 0.323 e. The number of H-pyrrole nitrogens is 1. The van der Waals surface area contributed by atoms with Crippen LogP contribution < -0.4 is 4.90 Å². The molecule has 7 nitrogen and oxygen atoms in total. The lowest BCUT2D eigenvalue weighted by atomic mass is 10.0. The summed E-state index contributed by atoms with van der Waals surface area (Å²) >= 11 is 0. The van der Waals surface area contributed by atoms with Crippen LogP contribution in [0.25, 0.3) is 10.9 Å². The molecule has 4 rings (SSSR count). The molecule has 7 heteroatoms. The third kappa shape index (κ3) is 4.62. The number of carboxylic acid groups (broad SMARTS) is 1. The summed E-state index contributed by atoms with van der Waals surface area (Å²) in [7, 11) is 0. The zero-order chi connectivity index (χ0) is 23.4. The summed E-state index contributed by atoms with van der Waals surface area (Å²) in [6.45, 7) is 1.28. The number of carboxylic acids is 1. The van der Waals surface area contributed by atoms with E-state index in [0.717, 1.165) is 16.5 Å². The molecule has 0 bridgehead atoms. The molecule has 3 N–H and O–H groups in total. The Bertz CT molecular complexity index is 1320. The molecule has 1 heterocycles. The van der Waals surface area contributed by atoms with Crippen molar-refractivity contribution in [3.05, 3.63) is 90.0 Å². The van der Waals surface area contributed by atoms with E-state index in [1.165, 1.54) is 4.90 Å². The summed E-state index contributed by atoms with van der Waals surface area (Å²) in [4.78, 5) is 32.5. The minimum Gasteiger partial charge on any atom is -0.494 e. The first kappa shape index (κ1) is 21.8. The van der Waals surface area contributed by atoms with E-state index in [2.05, 4.69) is 4.98 Å². The van der Waals surface area contributed by atoms with Crippen molar-refractivity contribution in [1.29, 1.82) is 0 Å². The van der Waals surface area contributed by atoms with Crippen molar-refractivity contribution in [2.75, 3.05) is 11.4 Å². The molecule has 166 valence electrons. The number of carbonyl (C=O) groups excluding carboxylic acids is 1. The molecule has 3 aromatic carbocycles. The van der Waals surface area contributed by atoms with E-state index in [0.29, 0.717) is 22.6 Å². The molecule has 1 aromatic heterocycles. The number of aliphatic carboxylic acids is 1. The molecule has 33 heavy (non-hydrogen) atoms. The minimum atomic E-state index is -1.08. The van der Waals surface area contributed by atoms with Gasteiger partial charge < -0.3 is 20.1 Å². The second kappa shape index (κ2) is 9.40. The molecule has 0 fully saturated rings. The lowest BCUT2D eigenvalue weighted by Gasteiger charge is -2.20. The Morgan fingerprint density at radius 1 is 0.939 bits per heavy atom. The van der Waals surface area contributed by atoms with Crippen molar-refractivity contribution < 1.29 is 19.8 Å². The third-order valence-electron chi connectivity index (χ3n) is 5.27. The van der Waals surface area contributed by atoms with Crippen LogP contribution in [0.5, 0.6) is 5.88 Å². The van der Waals surface area contributed by atoms with Gasteiger partial charge in [0, 0.05) is 28.6 Å². The fourth-order valence-corrected chi connectivity index (χ4v) is 3.71. The van der Waals surface area contributed by atoms with E-state index in [4.69, 9.17) is 10.1 Å². The van der Waals surface area contributed by atoms with Crippen LogP contribution in [0.2, 0.25) is 0 Å². The summed E-state index contributed by atoms with van der Waals surface area (Å²) in [5.41, 5.74) is 3.89. The topological polar surface area (TPSA) is 106 Å². The zero-order valence-corrected chi connectivity index (χ0v) is 18.0. The van der Waals surface area contributed by atoms with Crippen molar-refractivity contribution in [3.8, 4) is 5.88 Å². The minimum absolute atomic E-state index is 0.0246. The van der Waals surface area contributed by atoms with Gasteiger partial charge in [0.05, 0.1) is 17.0 Å². The lowest BCUT2D eigenvalue weighted by Crippen LogP contribution is -2.35. The molecule has 0 radical (unpaired) electrons. The van der Waals surface area contributed by atoms with Gasteiger partial charge in [-0.05, 0) is 30.3 Å². The monoisotopic (exact) mass is 441 g/mol. The predicted octanol–water partition coefficient (Wildman–Crippen LogP) is 4.87. The summed E-state index contributed by atoms with van der Waals surface area (Å²) in [6, 6.07) is 23.9. The van der Waals surface area contributed by atoms with Gasteiger partial charge in [0.2, 0.25) is 5.91 Å². The maximum atomic E-state index is 12.2. The van der Waals surface area contributed by atoms with Crippen LogP contribution in [0.4, 0.5) is 11.4 Å². The Kier molecular flexibility index (Phi) is 6.22. The maximum absolute atomic E-state index is 12.2. The number of nitrogens with zero attached hydrogens (tertiary/aromatic N) is 2. The fraction of sp³-hybridized carbons (Fsp3) is 0.115. The van der Waals surface area contributed by atoms with E-state index < -0.39 is 12.5 Å². The number of anilines is 1. The quantitative estimate of drug-likeness (QED) is 0.356. The number of hydrogen-bond donors (Lipinski definition) is 3. The van der Waals surface area contributed by atoms with Crippen molar-refractivity contribution in [1.82, 2.24) is 4.98 Å². The number of benzene rings is 3. The smallest absolute Gasteiger partial charge is 0.323 e. The number of hydrogen-bond acceptors (Lipinski definition) is 4. The van der Waals surface area contributed by atoms with Gasteiger partial charge in [-0.2, -0.15) is 0 Å². The van der Waals surface area contributed by atoms with E-state index >= 15 is 0 Å². The number of aromatic hydroxyl groups is 1. The number of para-hydroxylation sites is 1. The van der Waals surface area contributed by atoms with E-state index in [-0.39, 0.29) is 18.2 Å². The summed E-state index contributed by atoms with van der Waals surface area (Å²) in [5, 5.41) is 20.7. The van der Waals surface area contributed by atoms with Crippen molar-refractivity contribution in [2.45, 2.75) is 13.3 Å². The second-order valence-corrected chi connectivity index (χ2v) is 7.46. The van der Waals surface area contributed by atoms with Gasteiger partial charge in [-0.15, -0.1) is 0 Å². The molecular formula is C26H23N3O4. The summed E-state index contributed by atoms with van der Waals surface area (Å²) in [6.07, 6.45) is 0.200. The Morgan fingerprint density at radius 3 is 2.27 bits per heavy atom. The number of amides is 1. The van der Waals surface area contributed by atoms with E-state index in [1.54, 1.807) is 31.2 Å². The van der Waals surface area contributed by atoms with Gasteiger partial charge in [0.1, 0.15) is 6.54 Å². The molecule has 0 spiro atoms. The number of carbonyl (C=O) groups is 2. The SMILES string of the molecule is CCC(=O)N(CC(=O)O)c1ccc(N=C(c2ccccc2)c2c(O)[nH]c3ccccc23)cc1. The zero-order valence-electron chi connectivity index (χ0n) is 18.0. The Morgan fingerprint density at radius 2 is 1.61 bits per heavy atom. The normalized spacial score (nSPS) is 11.5. The highest BCUT2D eigenvalue weighted by Crippen LogP contribution is 2.31. The molecular weight excluding hydrogens is 418 g/mol. The van der Waals surface area contributed by atoms with Crippen LogP contribution in [0, 0.1) is 0 Å². The number of nitrogens with one attached hydrogen (secondary N) is 1. The van der Waals surface area contributed by atoms with Crippen molar-refractivity contribution in [2.24, 2.45) is 4.99 Å². The molecule has 1 amide bonds. The molecule has 0 aliphatic carbocycles. The fourth-order valence-electron chi connectivity index (χ4n) is 3.71. The Balaban J connectivity index is 1.80. The lowest BCUT2D eigenvalue weighted by molar-refractivity contribution is -0.136. The van der Waals surface area contributed by atoms with E-state index in [1.807, 2.05) is 54.6 Å². The van der Waals surface area contributed by atoms with Gasteiger partial charge in [-0.25, -0.2) is 4.99 Å².